The number of nitrogens with zero attached hydrogens (tertiary/aromatic N) is 3. The zero-order valence-electron chi connectivity index (χ0n) is 20.2. The molecule has 0 unspecified atom stereocenters. The van der Waals surface area contributed by atoms with Crippen LogP contribution in [-0.2, 0) is 0 Å². The topological polar surface area (TPSA) is 29.0 Å². The average molecular weight is 466 g/mol. The maximum Gasteiger partial charge on any atom is 0.160 e. The predicted octanol–water partition coefficient (Wildman–Crippen LogP) is 8.94. The van der Waals surface area contributed by atoms with Crippen molar-refractivity contribution >= 4 is 39.1 Å². The quantitative estimate of drug-likeness (QED) is 0.266. The van der Waals surface area contributed by atoms with Gasteiger partial charge in [0.25, 0.3) is 0 Å². The fourth-order valence-electron chi connectivity index (χ4n) is 5.59. The van der Waals surface area contributed by atoms with E-state index in [1.807, 2.05) is 0 Å². The van der Waals surface area contributed by atoms with E-state index in [0.29, 0.717) is 0 Å². The summed E-state index contributed by atoms with van der Waals surface area (Å²) in [6, 6.07) is 24.0. The van der Waals surface area contributed by atoms with Crippen LogP contribution in [0.25, 0.3) is 33.3 Å². The second-order valence-electron chi connectivity index (χ2n) is 9.62. The monoisotopic (exact) mass is 465 g/mol. The molecule has 7 rings (SSSR count). The van der Waals surface area contributed by atoms with Crippen LogP contribution in [0.3, 0.4) is 0 Å². The van der Waals surface area contributed by atoms with E-state index in [2.05, 4.69) is 108 Å². The molecule has 2 aliphatic carbocycles. The van der Waals surface area contributed by atoms with Crippen molar-refractivity contribution in [2.75, 3.05) is 4.90 Å². The normalized spacial score (nSPS) is 16.4. The molecule has 1 aromatic heterocycles. The first kappa shape index (κ1) is 21.1. The number of aromatic nitrogens is 2. The van der Waals surface area contributed by atoms with Crippen LogP contribution in [0.15, 0.2) is 103 Å². The number of para-hydroxylation sites is 1. The highest BCUT2D eigenvalue weighted by Crippen LogP contribution is 2.50. The number of fused-ring (bicyclic) bond motifs is 2. The molecular weight excluding hydrogens is 438 g/mol. The smallest absolute Gasteiger partial charge is 0.160 e. The largest absolute Gasteiger partial charge is 0.309 e. The van der Waals surface area contributed by atoms with Crippen LogP contribution in [0.4, 0.5) is 17.1 Å². The summed E-state index contributed by atoms with van der Waals surface area (Å²) in [6.45, 7) is 0. The first-order valence-corrected chi connectivity index (χ1v) is 12.9. The molecule has 0 N–H and O–H groups in total. The Morgan fingerprint density at radius 2 is 1.69 bits per heavy atom. The molecule has 36 heavy (non-hydrogen) atoms. The molecule has 0 fully saturated rings. The van der Waals surface area contributed by atoms with Gasteiger partial charge in [0.1, 0.15) is 0 Å². The van der Waals surface area contributed by atoms with E-state index >= 15 is 0 Å². The molecule has 3 aromatic carbocycles. The third-order valence-corrected chi connectivity index (χ3v) is 7.32. The molecule has 3 nitrogen and oxygen atoms in total. The van der Waals surface area contributed by atoms with Gasteiger partial charge in [-0.3, -0.25) is 0 Å². The van der Waals surface area contributed by atoms with E-state index in [1.165, 1.54) is 17.6 Å². The number of rotatable bonds is 3. The molecular formula is C33H27N3. The van der Waals surface area contributed by atoms with E-state index in [-0.39, 0.29) is 0 Å². The van der Waals surface area contributed by atoms with Gasteiger partial charge in [-0.05, 0) is 73.6 Å². The standard InChI is InChI=1S/C33H27N3/c1-2-5-13-23(12-4-1)25-16-10-17-26(22-25)36-29-20-9-8-18-27(29)32-31-28(19-11-21-30(31)36)34-33(35-32)24-14-6-3-7-15-24/h1,4,6,8-12,14-22H,2-3,5,7,13H2. The summed E-state index contributed by atoms with van der Waals surface area (Å²) in [5.41, 5.74) is 10.4. The highest BCUT2D eigenvalue weighted by molar-refractivity contribution is 6.11. The Morgan fingerprint density at radius 3 is 2.64 bits per heavy atom. The zero-order chi connectivity index (χ0) is 23.9. The van der Waals surface area contributed by atoms with Gasteiger partial charge in [-0.15, -0.1) is 0 Å². The van der Waals surface area contributed by atoms with Gasteiger partial charge in [0.2, 0.25) is 0 Å². The van der Waals surface area contributed by atoms with E-state index in [1.54, 1.807) is 0 Å². The fraction of sp³-hybridized carbons (Fsp3) is 0.152. The summed E-state index contributed by atoms with van der Waals surface area (Å²) in [4.78, 5) is 12.6. The molecule has 2 heterocycles. The maximum atomic E-state index is 5.15. The number of hydrogen-bond acceptors (Lipinski definition) is 3. The number of allylic oxidation sites excluding steroid dienone is 8. The van der Waals surface area contributed by atoms with Crippen molar-refractivity contribution in [1.82, 2.24) is 9.97 Å². The van der Waals surface area contributed by atoms with Crippen LogP contribution >= 0.6 is 0 Å². The average Bonchev–Trinajstić information content (AvgIpc) is 3.24. The molecule has 3 aliphatic rings. The minimum atomic E-state index is 0.809. The first-order valence-electron chi connectivity index (χ1n) is 12.9. The van der Waals surface area contributed by atoms with Gasteiger partial charge in [-0.1, -0.05) is 72.9 Å². The molecule has 0 spiro atoms. The SMILES string of the molecule is C1=CCCCC(c2cccc(N3c4ccccc4-c4nc(C5=CCCC=C5)nc5cccc3c45)c2)=C1. The van der Waals surface area contributed by atoms with Gasteiger partial charge in [-0.2, -0.15) is 0 Å². The minimum Gasteiger partial charge on any atom is -0.309 e. The Kier molecular flexibility index (Phi) is 5.13. The Balaban J connectivity index is 1.44. The second-order valence-corrected chi connectivity index (χ2v) is 9.62. The van der Waals surface area contributed by atoms with E-state index in [0.717, 1.165) is 76.3 Å². The highest BCUT2D eigenvalue weighted by Gasteiger charge is 2.28. The Morgan fingerprint density at radius 1 is 0.778 bits per heavy atom. The third-order valence-electron chi connectivity index (χ3n) is 7.32. The minimum absolute atomic E-state index is 0.809. The number of benzene rings is 3. The summed E-state index contributed by atoms with van der Waals surface area (Å²) in [6.07, 6.45) is 18.9. The Hall–Kier alpha value is -4.24. The fourth-order valence-corrected chi connectivity index (χ4v) is 5.59. The lowest BCUT2D eigenvalue weighted by Gasteiger charge is -2.33. The molecule has 1 aliphatic heterocycles. The Labute approximate surface area is 211 Å². The first-order chi connectivity index (χ1) is 17.9. The summed E-state index contributed by atoms with van der Waals surface area (Å²) in [5, 5.41) is 1.11. The summed E-state index contributed by atoms with van der Waals surface area (Å²) in [5.74, 6) is 0.809. The van der Waals surface area contributed by atoms with Crippen molar-refractivity contribution in [3.63, 3.8) is 0 Å². The van der Waals surface area contributed by atoms with E-state index < -0.39 is 0 Å². The van der Waals surface area contributed by atoms with Crippen molar-refractivity contribution in [1.29, 1.82) is 0 Å². The molecule has 174 valence electrons. The molecule has 0 radical (unpaired) electrons. The van der Waals surface area contributed by atoms with Gasteiger partial charge >= 0.3 is 0 Å². The highest BCUT2D eigenvalue weighted by atomic mass is 15.2. The molecule has 0 amide bonds. The molecule has 0 saturated heterocycles. The van der Waals surface area contributed by atoms with Crippen molar-refractivity contribution in [3.8, 4) is 11.3 Å². The molecule has 0 bridgehead atoms. The molecule has 0 atom stereocenters. The van der Waals surface area contributed by atoms with Crippen LogP contribution in [0.1, 0.15) is 43.5 Å². The lowest BCUT2D eigenvalue weighted by atomic mass is 9.95. The van der Waals surface area contributed by atoms with Crippen molar-refractivity contribution < 1.29 is 0 Å². The molecule has 4 aromatic rings. The van der Waals surface area contributed by atoms with Gasteiger partial charge in [0, 0.05) is 16.8 Å². The van der Waals surface area contributed by atoms with Gasteiger partial charge < -0.3 is 4.90 Å². The number of hydrogen-bond donors (Lipinski definition) is 0. The molecule has 0 saturated carbocycles. The second kappa shape index (κ2) is 8.76. The van der Waals surface area contributed by atoms with Crippen LogP contribution in [0.5, 0.6) is 0 Å². The van der Waals surface area contributed by atoms with Crippen LogP contribution < -0.4 is 4.90 Å². The summed E-state index contributed by atoms with van der Waals surface area (Å²) < 4.78 is 0. The lowest BCUT2D eigenvalue weighted by Crippen LogP contribution is -2.16. The van der Waals surface area contributed by atoms with Crippen LogP contribution in [-0.4, -0.2) is 9.97 Å². The Bertz CT molecular complexity index is 1620. The number of anilines is 3. The van der Waals surface area contributed by atoms with Crippen molar-refractivity contribution in [2.45, 2.75) is 32.1 Å². The van der Waals surface area contributed by atoms with Gasteiger partial charge in [0.05, 0.1) is 28.0 Å². The van der Waals surface area contributed by atoms with Crippen LogP contribution in [0, 0.1) is 0 Å². The van der Waals surface area contributed by atoms with Crippen molar-refractivity contribution in [2.24, 2.45) is 0 Å². The molecule has 3 heteroatoms. The predicted molar refractivity (Wildman–Crippen MR) is 151 cm³/mol. The zero-order valence-corrected chi connectivity index (χ0v) is 20.2. The lowest BCUT2D eigenvalue weighted by molar-refractivity contribution is 0.886. The van der Waals surface area contributed by atoms with Crippen LogP contribution in [0.2, 0.25) is 0 Å². The van der Waals surface area contributed by atoms with E-state index in [9.17, 15) is 0 Å². The maximum absolute atomic E-state index is 5.15. The summed E-state index contributed by atoms with van der Waals surface area (Å²) >= 11 is 0. The van der Waals surface area contributed by atoms with Crippen molar-refractivity contribution in [3.05, 3.63) is 115 Å². The summed E-state index contributed by atoms with van der Waals surface area (Å²) in [7, 11) is 0. The third kappa shape index (κ3) is 3.51. The van der Waals surface area contributed by atoms with E-state index in [4.69, 9.17) is 9.97 Å². The van der Waals surface area contributed by atoms with Gasteiger partial charge in [-0.25, -0.2) is 9.97 Å². The van der Waals surface area contributed by atoms with Gasteiger partial charge in [0.15, 0.2) is 5.82 Å².